The summed E-state index contributed by atoms with van der Waals surface area (Å²) in [4.78, 5) is 11.9. The molecule has 0 spiro atoms. The van der Waals surface area contributed by atoms with Crippen molar-refractivity contribution >= 4 is 5.97 Å². The first-order chi connectivity index (χ1) is 12.8. The fourth-order valence-electron chi connectivity index (χ4n) is 3.73. The van der Waals surface area contributed by atoms with Crippen molar-refractivity contribution in [1.29, 1.82) is 0 Å². The Morgan fingerprint density at radius 1 is 0.962 bits per heavy atom. The number of carbonyl (C=O) groups is 1. The highest BCUT2D eigenvalue weighted by Crippen LogP contribution is 2.29. The Morgan fingerprint density at radius 2 is 1.65 bits per heavy atom. The van der Waals surface area contributed by atoms with Gasteiger partial charge in [0.1, 0.15) is 13.2 Å². The molecule has 144 valence electrons. The van der Waals surface area contributed by atoms with E-state index in [1.807, 2.05) is 30.3 Å². The Morgan fingerprint density at radius 3 is 2.46 bits per heavy atom. The minimum Gasteiger partial charge on any atom is -0.459 e. The van der Waals surface area contributed by atoms with Crippen LogP contribution in [-0.4, -0.2) is 38.2 Å². The highest BCUT2D eigenvalue weighted by molar-refractivity contribution is 5.70. The van der Waals surface area contributed by atoms with Gasteiger partial charge in [-0.2, -0.15) is 0 Å². The van der Waals surface area contributed by atoms with Gasteiger partial charge in [-0.3, -0.25) is 0 Å². The van der Waals surface area contributed by atoms with Crippen LogP contribution in [-0.2, 0) is 30.3 Å². The molecule has 0 aromatic heterocycles. The molecule has 2 fully saturated rings. The minimum absolute atomic E-state index is 0.0135. The van der Waals surface area contributed by atoms with Gasteiger partial charge in [0.05, 0.1) is 19.3 Å². The Kier molecular flexibility index (Phi) is 7.92. The van der Waals surface area contributed by atoms with Crippen molar-refractivity contribution in [2.45, 2.75) is 63.9 Å². The molecule has 0 N–H and O–H groups in total. The second-order valence-electron chi connectivity index (χ2n) is 7.16. The number of hydrogen-bond acceptors (Lipinski definition) is 5. The summed E-state index contributed by atoms with van der Waals surface area (Å²) in [6.45, 7) is 1.78. The molecule has 26 heavy (non-hydrogen) atoms. The van der Waals surface area contributed by atoms with Gasteiger partial charge < -0.3 is 18.9 Å². The molecule has 0 amide bonds. The van der Waals surface area contributed by atoms with E-state index in [0.717, 1.165) is 63.7 Å². The molecule has 0 radical (unpaired) electrons. The van der Waals surface area contributed by atoms with Crippen LogP contribution < -0.4 is 0 Å². The van der Waals surface area contributed by atoms with Gasteiger partial charge in [-0.25, -0.2) is 4.79 Å². The van der Waals surface area contributed by atoms with Crippen LogP contribution in [0.4, 0.5) is 0 Å². The molecule has 1 aromatic carbocycles. The maximum atomic E-state index is 11.9. The molecule has 2 atom stereocenters. The number of hydrogen-bond donors (Lipinski definition) is 0. The van der Waals surface area contributed by atoms with E-state index in [9.17, 15) is 4.79 Å². The monoisotopic (exact) mass is 362 g/mol. The minimum atomic E-state index is -0.292. The maximum Gasteiger partial charge on any atom is 0.332 e. The second-order valence-corrected chi connectivity index (χ2v) is 7.16. The van der Waals surface area contributed by atoms with E-state index in [4.69, 9.17) is 18.9 Å². The molecule has 5 heteroatoms. The largest absolute Gasteiger partial charge is 0.459 e. The molecule has 2 aliphatic rings. The van der Waals surface area contributed by atoms with Crippen LogP contribution >= 0.6 is 0 Å². The summed E-state index contributed by atoms with van der Waals surface area (Å²) in [7, 11) is 0. The zero-order valence-electron chi connectivity index (χ0n) is 15.4. The molecule has 1 saturated heterocycles. The Hall–Kier alpha value is -1.43. The molecule has 5 nitrogen and oxygen atoms in total. The molecular weight excluding hydrogens is 332 g/mol. The highest BCUT2D eigenvalue weighted by atomic mass is 16.7. The standard InChI is InChI=1S/C21H30O5/c22-20(26-15-17-7-2-1-3-8-17)16-25-19-11-5-4-9-18(10-6-12-19)21-23-13-14-24-21/h1-3,7-8,18-19,21H,4-6,9-16H2. The van der Waals surface area contributed by atoms with Crippen molar-refractivity contribution < 1.29 is 23.7 Å². The molecule has 3 rings (SSSR count). The smallest absolute Gasteiger partial charge is 0.332 e. The second kappa shape index (κ2) is 10.7. The van der Waals surface area contributed by atoms with Crippen LogP contribution in [0, 0.1) is 5.92 Å². The first-order valence-corrected chi connectivity index (χ1v) is 9.85. The van der Waals surface area contributed by atoms with Gasteiger partial charge in [0.2, 0.25) is 0 Å². The number of esters is 1. The number of carbonyl (C=O) groups excluding carboxylic acids is 1. The highest BCUT2D eigenvalue weighted by Gasteiger charge is 2.27. The van der Waals surface area contributed by atoms with Gasteiger partial charge >= 0.3 is 5.97 Å². The predicted octanol–water partition coefficient (Wildman–Crippen LogP) is 3.85. The third kappa shape index (κ3) is 6.38. The quantitative estimate of drug-likeness (QED) is 0.720. The summed E-state index contributed by atoms with van der Waals surface area (Å²) in [5.41, 5.74) is 0.991. The van der Waals surface area contributed by atoms with Gasteiger partial charge in [0.25, 0.3) is 0 Å². The summed E-state index contributed by atoms with van der Waals surface area (Å²) in [5, 5.41) is 0. The predicted molar refractivity (Wildman–Crippen MR) is 97.5 cm³/mol. The number of benzene rings is 1. The zero-order valence-corrected chi connectivity index (χ0v) is 15.4. The van der Waals surface area contributed by atoms with E-state index in [-0.39, 0.29) is 25.0 Å². The number of rotatable bonds is 6. The number of ether oxygens (including phenoxy) is 4. The van der Waals surface area contributed by atoms with Crippen molar-refractivity contribution in [3.63, 3.8) is 0 Å². The van der Waals surface area contributed by atoms with Crippen molar-refractivity contribution in [1.82, 2.24) is 0 Å². The van der Waals surface area contributed by atoms with E-state index in [1.54, 1.807) is 0 Å². The lowest BCUT2D eigenvalue weighted by molar-refractivity contribution is -0.152. The van der Waals surface area contributed by atoms with Crippen LogP contribution in [0.1, 0.15) is 50.5 Å². The van der Waals surface area contributed by atoms with E-state index >= 15 is 0 Å². The lowest BCUT2D eigenvalue weighted by atomic mass is 9.96. The molecular formula is C21H30O5. The maximum absolute atomic E-state index is 11.9. The fourth-order valence-corrected chi connectivity index (χ4v) is 3.73. The van der Waals surface area contributed by atoms with E-state index < -0.39 is 0 Å². The molecule has 1 aliphatic carbocycles. The first-order valence-electron chi connectivity index (χ1n) is 9.85. The average molecular weight is 362 g/mol. The normalized spacial score (nSPS) is 25.2. The first kappa shape index (κ1) is 19.3. The van der Waals surface area contributed by atoms with E-state index in [0.29, 0.717) is 12.5 Å². The topological polar surface area (TPSA) is 54.0 Å². The third-order valence-electron chi connectivity index (χ3n) is 5.16. The van der Waals surface area contributed by atoms with Crippen LogP contribution in [0.2, 0.25) is 0 Å². The third-order valence-corrected chi connectivity index (χ3v) is 5.16. The Bertz CT molecular complexity index is 526. The van der Waals surface area contributed by atoms with Crippen molar-refractivity contribution in [2.75, 3.05) is 19.8 Å². The van der Waals surface area contributed by atoms with Gasteiger partial charge in [0, 0.05) is 5.92 Å². The van der Waals surface area contributed by atoms with Gasteiger partial charge in [-0.1, -0.05) is 49.6 Å². The van der Waals surface area contributed by atoms with E-state index in [2.05, 4.69) is 0 Å². The summed E-state index contributed by atoms with van der Waals surface area (Å²) in [6.07, 6.45) is 7.72. The SMILES string of the molecule is O=C(COC1CCCCC(C2OCCO2)CCC1)OCc1ccccc1. The van der Waals surface area contributed by atoms with Crippen LogP contribution in [0.25, 0.3) is 0 Å². The van der Waals surface area contributed by atoms with Crippen molar-refractivity contribution in [3.05, 3.63) is 35.9 Å². The van der Waals surface area contributed by atoms with Crippen LogP contribution in [0.3, 0.4) is 0 Å². The molecule has 0 bridgehead atoms. The van der Waals surface area contributed by atoms with Crippen LogP contribution in [0.5, 0.6) is 0 Å². The molecule has 1 saturated carbocycles. The summed E-state index contributed by atoms with van der Waals surface area (Å²) in [6, 6.07) is 9.71. The Balaban J connectivity index is 1.35. The van der Waals surface area contributed by atoms with Crippen molar-refractivity contribution in [3.8, 4) is 0 Å². The molecule has 1 heterocycles. The lowest BCUT2D eigenvalue weighted by Crippen LogP contribution is -2.22. The molecule has 1 aliphatic heterocycles. The van der Waals surface area contributed by atoms with E-state index in [1.165, 1.54) is 0 Å². The average Bonchev–Trinajstić information content (AvgIpc) is 3.23. The molecule has 1 aromatic rings. The fraction of sp³-hybridized carbons (Fsp3) is 0.667. The van der Waals surface area contributed by atoms with Gasteiger partial charge in [0.15, 0.2) is 6.29 Å². The van der Waals surface area contributed by atoms with Gasteiger partial charge in [-0.05, 0) is 31.2 Å². The lowest BCUT2D eigenvalue weighted by Gasteiger charge is -2.21. The summed E-state index contributed by atoms with van der Waals surface area (Å²) >= 11 is 0. The zero-order chi connectivity index (χ0) is 18.0. The van der Waals surface area contributed by atoms with Crippen LogP contribution in [0.15, 0.2) is 30.3 Å². The summed E-state index contributed by atoms with van der Waals surface area (Å²) in [5.74, 6) is 0.200. The molecule has 2 unspecified atom stereocenters. The van der Waals surface area contributed by atoms with Crippen molar-refractivity contribution in [2.24, 2.45) is 5.92 Å². The summed E-state index contributed by atoms with van der Waals surface area (Å²) < 4.78 is 22.5. The Labute approximate surface area is 156 Å². The van der Waals surface area contributed by atoms with Gasteiger partial charge in [-0.15, -0.1) is 0 Å².